The molecule has 0 saturated carbocycles. The fourth-order valence-corrected chi connectivity index (χ4v) is 3.19. The van der Waals surface area contributed by atoms with Crippen molar-refractivity contribution in [2.24, 2.45) is 4.99 Å². The molecule has 1 aromatic heterocycles. The molecule has 0 saturated heterocycles. The summed E-state index contributed by atoms with van der Waals surface area (Å²) in [7, 11) is -2.48. The summed E-state index contributed by atoms with van der Waals surface area (Å²) in [6.45, 7) is 0. The van der Waals surface area contributed by atoms with Crippen molar-refractivity contribution in [3.63, 3.8) is 0 Å². The van der Waals surface area contributed by atoms with Gasteiger partial charge in [0.05, 0.1) is 12.0 Å². The molecule has 138 valence electrons. The maximum absolute atomic E-state index is 12.5. The van der Waals surface area contributed by atoms with Crippen LogP contribution < -0.4 is 9.46 Å². The Labute approximate surface area is 156 Å². The summed E-state index contributed by atoms with van der Waals surface area (Å²) in [6.07, 6.45) is 4.29. The summed E-state index contributed by atoms with van der Waals surface area (Å²) in [4.78, 5) is 12.1. The summed E-state index contributed by atoms with van der Waals surface area (Å²) in [5, 5.41) is 9.70. The molecule has 0 radical (unpaired) electrons. The van der Waals surface area contributed by atoms with Crippen molar-refractivity contribution in [3.8, 4) is 11.6 Å². The van der Waals surface area contributed by atoms with Gasteiger partial charge in [-0.15, -0.1) is 0 Å². The first kappa shape index (κ1) is 18.3. The smallest absolute Gasteiger partial charge is 0.263 e. The van der Waals surface area contributed by atoms with Gasteiger partial charge in [-0.1, -0.05) is 24.3 Å². The van der Waals surface area contributed by atoms with Crippen LogP contribution in [0.1, 0.15) is 5.56 Å². The Balaban J connectivity index is 1.79. The number of nitrogens with zero attached hydrogens (tertiary/aromatic N) is 3. The standard InChI is InChI=1S/C18H16N4O4S/c1-26-18-17(19-10-11-20-18)22-27(24,25)14-8-6-13(7-9-14)12-21-15-4-2-3-5-16(15)23/h2-12,23H,1H3,(H,19,22). The van der Waals surface area contributed by atoms with Crippen LogP contribution in [0.4, 0.5) is 11.5 Å². The van der Waals surface area contributed by atoms with Crippen molar-refractivity contribution >= 4 is 27.7 Å². The van der Waals surface area contributed by atoms with E-state index in [2.05, 4.69) is 19.7 Å². The minimum absolute atomic E-state index is 0.00481. The van der Waals surface area contributed by atoms with Crippen molar-refractivity contribution in [3.05, 3.63) is 66.5 Å². The Morgan fingerprint density at radius 2 is 1.78 bits per heavy atom. The van der Waals surface area contributed by atoms with Crippen LogP contribution in [-0.4, -0.2) is 36.8 Å². The molecule has 0 spiro atoms. The van der Waals surface area contributed by atoms with Gasteiger partial charge in [0.15, 0.2) is 0 Å². The van der Waals surface area contributed by atoms with Crippen LogP contribution >= 0.6 is 0 Å². The number of phenolic OH excluding ortho intramolecular Hbond substituents is 1. The van der Waals surface area contributed by atoms with Crippen LogP contribution in [0, 0.1) is 0 Å². The molecule has 0 fully saturated rings. The number of rotatable bonds is 6. The zero-order valence-corrected chi connectivity index (χ0v) is 15.1. The molecule has 8 nitrogen and oxygen atoms in total. The first-order chi connectivity index (χ1) is 13.0. The number of phenols is 1. The molecule has 27 heavy (non-hydrogen) atoms. The van der Waals surface area contributed by atoms with Crippen LogP contribution in [0.2, 0.25) is 0 Å². The van der Waals surface area contributed by atoms with Crippen molar-refractivity contribution in [1.82, 2.24) is 9.97 Å². The fourth-order valence-electron chi connectivity index (χ4n) is 2.18. The lowest BCUT2D eigenvalue weighted by molar-refractivity contribution is 0.398. The van der Waals surface area contributed by atoms with E-state index in [1.54, 1.807) is 30.3 Å². The number of sulfonamides is 1. The molecule has 0 atom stereocenters. The van der Waals surface area contributed by atoms with E-state index in [1.165, 1.54) is 43.9 Å². The molecule has 0 bridgehead atoms. The van der Waals surface area contributed by atoms with E-state index in [4.69, 9.17) is 4.74 Å². The van der Waals surface area contributed by atoms with Gasteiger partial charge >= 0.3 is 0 Å². The largest absolute Gasteiger partial charge is 0.506 e. The molecule has 3 aromatic rings. The highest BCUT2D eigenvalue weighted by Gasteiger charge is 2.17. The second-order valence-corrected chi connectivity index (χ2v) is 7.02. The van der Waals surface area contributed by atoms with Crippen molar-refractivity contribution in [1.29, 1.82) is 0 Å². The van der Waals surface area contributed by atoms with Gasteiger partial charge in [0.2, 0.25) is 5.82 Å². The third-order valence-electron chi connectivity index (χ3n) is 3.51. The lowest BCUT2D eigenvalue weighted by Gasteiger charge is -2.09. The summed E-state index contributed by atoms with van der Waals surface area (Å²) in [5.41, 5.74) is 1.10. The second-order valence-electron chi connectivity index (χ2n) is 5.34. The van der Waals surface area contributed by atoms with Crippen molar-refractivity contribution in [2.45, 2.75) is 4.90 Å². The number of methoxy groups -OCH3 is 1. The number of para-hydroxylation sites is 2. The highest BCUT2D eigenvalue weighted by atomic mass is 32.2. The number of aliphatic imine (C=N–C) groups is 1. The Bertz CT molecular complexity index is 1070. The first-order valence-electron chi connectivity index (χ1n) is 7.79. The highest BCUT2D eigenvalue weighted by Crippen LogP contribution is 2.25. The molecular formula is C18H16N4O4S. The van der Waals surface area contributed by atoms with Gasteiger partial charge in [0, 0.05) is 18.6 Å². The summed E-state index contributed by atoms with van der Waals surface area (Å²) in [6, 6.07) is 12.8. The van der Waals surface area contributed by atoms with Gasteiger partial charge in [0.1, 0.15) is 11.4 Å². The molecule has 0 aliphatic rings. The summed E-state index contributed by atoms with van der Waals surface area (Å²) >= 11 is 0. The molecule has 9 heteroatoms. The van der Waals surface area contributed by atoms with Gasteiger partial charge in [-0.05, 0) is 29.8 Å². The second kappa shape index (κ2) is 7.83. The number of anilines is 1. The number of hydrogen-bond donors (Lipinski definition) is 2. The van der Waals surface area contributed by atoms with E-state index in [-0.39, 0.29) is 22.3 Å². The van der Waals surface area contributed by atoms with E-state index in [0.717, 1.165) is 0 Å². The minimum Gasteiger partial charge on any atom is -0.506 e. The number of aromatic hydroxyl groups is 1. The van der Waals surface area contributed by atoms with Crippen LogP contribution in [0.25, 0.3) is 0 Å². The van der Waals surface area contributed by atoms with E-state index >= 15 is 0 Å². The molecule has 0 aliphatic carbocycles. The number of ether oxygens (including phenoxy) is 1. The average molecular weight is 384 g/mol. The number of nitrogens with one attached hydrogen (secondary N) is 1. The third kappa shape index (κ3) is 4.39. The molecular weight excluding hydrogens is 368 g/mol. The van der Waals surface area contributed by atoms with E-state index < -0.39 is 10.0 Å². The fraction of sp³-hybridized carbons (Fsp3) is 0.0556. The Morgan fingerprint density at radius 3 is 2.48 bits per heavy atom. The summed E-state index contributed by atoms with van der Waals surface area (Å²) in [5.74, 6) is 0.146. The van der Waals surface area contributed by atoms with E-state index in [9.17, 15) is 13.5 Å². The lowest BCUT2D eigenvalue weighted by atomic mass is 10.2. The molecule has 2 aromatic carbocycles. The molecule has 1 heterocycles. The van der Waals surface area contributed by atoms with Gasteiger partial charge in [0.25, 0.3) is 15.9 Å². The Hall–Kier alpha value is -3.46. The van der Waals surface area contributed by atoms with Crippen LogP contribution in [0.15, 0.2) is 70.8 Å². The summed E-state index contributed by atoms with van der Waals surface area (Å²) < 4.78 is 32.3. The Kier molecular flexibility index (Phi) is 5.32. The maximum atomic E-state index is 12.5. The van der Waals surface area contributed by atoms with Crippen LogP contribution in [-0.2, 0) is 10.0 Å². The Morgan fingerprint density at radius 1 is 1.07 bits per heavy atom. The maximum Gasteiger partial charge on any atom is 0.263 e. The van der Waals surface area contributed by atoms with E-state index in [0.29, 0.717) is 11.3 Å². The SMILES string of the molecule is COc1nccnc1NS(=O)(=O)c1ccc(C=Nc2ccccc2O)cc1. The third-order valence-corrected chi connectivity index (χ3v) is 4.87. The van der Waals surface area contributed by atoms with Gasteiger partial charge in [-0.2, -0.15) is 0 Å². The molecule has 0 aliphatic heterocycles. The van der Waals surface area contributed by atoms with E-state index in [1.807, 2.05) is 0 Å². The van der Waals surface area contributed by atoms with Crippen LogP contribution in [0.3, 0.4) is 0 Å². The van der Waals surface area contributed by atoms with Crippen molar-refractivity contribution < 1.29 is 18.3 Å². The zero-order valence-electron chi connectivity index (χ0n) is 14.3. The highest BCUT2D eigenvalue weighted by molar-refractivity contribution is 7.92. The predicted octanol–water partition coefficient (Wildman–Crippen LogP) is 2.74. The quantitative estimate of drug-likeness (QED) is 0.632. The van der Waals surface area contributed by atoms with Gasteiger partial charge in [-0.3, -0.25) is 9.71 Å². The molecule has 3 rings (SSSR count). The molecule has 2 N–H and O–H groups in total. The molecule has 0 unspecified atom stereocenters. The molecule has 0 amide bonds. The predicted molar refractivity (Wildman–Crippen MR) is 101 cm³/mol. The average Bonchev–Trinajstić information content (AvgIpc) is 2.68. The van der Waals surface area contributed by atoms with Gasteiger partial charge < -0.3 is 9.84 Å². The first-order valence-corrected chi connectivity index (χ1v) is 9.28. The van der Waals surface area contributed by atoms with Crippen molar-refractivity contribution in [2.75, 3.05) is 11.8 Å². The number of benzene rings is 2. The topological polar surface area (TPSA) is 114 Å². The zero-order chi connectivity index (χ0) is 19.3. The monoisotopic (exact) mass is 384 g/mol. The number of aromatic nitrogens is 2. The van der Waals surface area contributed by atoms with Crippen LogP contribution in [0.5, 0.6) is 11.6 Å². The normalized spacial score (nSPS) is 11.4. The minimum atomic E-state index is -3.85. The lowest BCUT2D eigenvalue weighted by Crippen LogP contribution is -2.15. The number of hydrogen-bond acceptors (Lipinski definition) is 7. The van der Waals surface area contributed by atoms with Gasteiger partial charge in [-0.25, -0.2) is 18.4 Å².